The molecule has 1 aliphatic rings. The maximum absolute atomic E-state index is 10.9. The second-order valence-electron chi connectivity index (χ2n) is 2.49. The van der Waals surface area contributed by atoms with E-state index in [9.17, 15) is 4.79 Å². The van der Waals surface area contributed by atoms with Gasteiger partial charge in [0.05, 0.1) is 12.7 Å². The van der Waals surface area contributed by atoms with Gasteiger partial charge in [0, 0.05) is 6.42 Å². The first-order valence-electron chi connectivity index (χ1n) is 3.27. The topological polar surface area (TPSA) is 87.0 Å². The Bertz CT molecular complexity index is 168. The first-order valence-corrected chi connectivity index (χ1v) is 3.27. The summed E-state index contributed by atoms with van der Waals surface area (Å²) in [6.07, 6.45) is -0.729. The molecule has 3 N–H and O–H groups in total. The van der Waals surface area contributed by atoms with Crippen LogP contribution in [0.1, 0.15) is 6.42 Å². The molecule has 2 atom stereocenters. The Labute approximate surface area is 63.2 Å². The van der Waals surface area contributed by atoms with Gasteiger partial charge in [-0.15, -0.1) is 0 Å². The number of carbonyl (C=O) groups is 1. The number of Topliss-reactive ketones (excluding diaryl/α,β-unsaturated/α-hetero) is 1. The number of hydrogen-bond acceptors (Lipinski definition) is 5. The minimum atomic E-state index is -2.08. The molecular weight excluding hydrogens is 152 g/mol. The summed E-state index contributed by atoms with van der Waals surface area (Å²) in [7, 11) is 0. The highest BCUT2D eigenvalue weighted by molar-refractivity contribution is 5.87. The van der Waals surface area contributed by atoms with Crippen LogP contribution >= 0.6 is 0 Å². The molecule has 0 spiro atoms. The number of hydrogen-bond donors (Lipinski definition) is 3. The van der Waals surface area contributed by atoms with Gasteiger partial charge in [-0.05, 0) is 0 Å². The van der Waals surface area contributed by atoms with Crippen molar-refractivity contribution in [1.29, 1.82) is 0 Å². The van der Waals surface area contributed by atoms with Crippen LogP contribution in [0.2, 0.25) is 0 Å². The van der Waals surface area contributed by atoms with Gasteiger partial charge >= 0.3 is 0 Å². The third-order valence-electron chi connectivity index (χ3n) is 1.63. The van der Waals surface area contributed by atoms with Crippen molar-refractivity contribution in [3.05, 3.63) is 0 Å². The van der Waals surface area contributed by atoms with Crippen molar-refractivity contribution in [2.24, 2.45) is 0 Å². The van der Waals surface area contributed by atoms with Crippen LogP contribution in [-0.2, 0) is 9.53 Å². The van der Waals surface area contributed by atoms with Crippen LogP contribution in [0.5, 0.6) is 0 Å². The molecule has 0 radical (unpaired) electrons. The molecule has 0 aliphatic carbocycles. The van der Waals surface area contributed by atoms with Crippen LogP contribution in [0.25, 0.3) is 0 Å². The summed E-state index contributed by atoms with van der Waals surface area (Å²) >= 11 is 0. The minimum absolute atomic E-state index is 0.0481. The number of aliphatic hydroxyl groups is 3. The number of rotatable bonds is 2. The van der Waals surface area contributed by atoms with Crippen molar-refractivity contribution in [1.82, 2.24) is 0 Å². The fourth-order valence-electron chi connectivity index (χ4n) is 0.977. The zero-order chi connectivity index (χ0) is 8.48. The molecule has 1 rings (SSSR count). The average Bonchev–Trinajstić information content (AvgIpc) is 2.29. The molecule has 0 aromatic rings. The zero-order valence-corrected chi connectivity index (χ0v) is 5.86. The van der Waals surface area contributed by atoms with E-state index >= 15 is 0 Å². The summed E-state index contributed by atoms with van der Waals surface area (Å²) < 4.78 is 4.67. The van der Waals surface area contributed by atoms with Crippen molar-refractivity contribution in [3.8, 4) is 0 Å². The molecule has 1 saturated heterocycles. The van der Waals surface area contributed by atoms with E-state index in [-0.39, 0.29) is 13.0 Å². The van der Waals surface area contributed by atoms with E-state index in [1.54, 1.807) is 0 Å². The first-order chi connectivity index (χ1) is 5.12. The lowest BCUT2D eigenvalue weighted by Gasteiger charge is -2.17. The molecule has 0 amide bonds. The Kier molecular flexibility index (Phi) is 2.24. The van der Waals surface area contributed by atoms with Crippen LogP contribution < -0.4 is 0 Å². The van der Waals surface area contributed by atoms with E-state index < -0.39 is 24.3 Å². The van der Waals surface area contributed by atoms with Gasteiger partial charge in [-0.1, -0.05) is 0 Å². The molecule has 0 aromatic heterocycles. The summed E-state index contributed by atoms with van der Waals surface area (Å²) in [5.41, 5.74) is 0. The van der Waals surface area contributed by atoms with Crippen LogP contribution in [-0.4, -0.2) is 46.2 Å². The SMILES string of the molecule is O=C1CC(CO)O[C@]1(O)CO. The third kappa shape index (κ3) is 1.41. The predicted octanol–water partition coefficient (Wildman–Crippen LogP) is -1.98. The number of aliphatic hydroxyl groups excluding tert-OH is 2. The fraction of sp³-hybridized carbons (Fsp3) is 0.833. The van der Waals surface area contributed by atoms with Crippen molar-refractivity contribution < 1.29 is 24.9 Å². The molecular formula is C6H10O5. The van der Waals surface area contributed by atoms with Crippen molar-refractivity contribution in [3.63, 3.8) is 0 Å². The van der Waals surface area contributed by atoms with Gasteiger partial charge in [-0.25, -0.2) is 0 Å². The van der Waals surface area contributed by atoms with E-state index in [0.29, 0.717) is 0 Å². The highest BCUT2D eigenvalue weighted by atomic mass is 16.7. The van der Waals surface area contributed by atoms with Gasteiger partial charge in [-0.3, -0.25) is 4.79 Å². The molecule has 1 aliphatic heterocycles. The zero-order valence-electron chi connectivity index (χ0n) is 5.86. The Morgan fingerprint density at radius 3 is 2.55 bits per heavy atom. The molecule has 1 fully saturated rings. The predicted molar refractivity (Wildman–Crippen MR) is 33.6 cm³/mol. The second kappa shape index (κ2) is 2.86. The molecule has 11 heavy (non-hydrogen) atoms. The lowest BCUT2D eigenvalue weighted by atomic mass is 10.1. The lowest BCUT2D eigenvalue weighted by molar-refractivity contribution is -0.212. The molecule has 5 nitrogen and oxygen atoms in total. The maximum atomic E-state index is 10.9. The molecule has 1 unspecified atom stereocenters. The molecule has 0 saturated carbocycles. The summed E-state index contributed by atoms with van der Waals surface area (Å²) in [6.45, 7) is -1.09. The number of ether oxygens (including phenoxy) is 1. The van der Waals surface area contributed by atoms with E-state index in [1.165, 1.54) is 0 Å². The van der Waals surface area contributed by atoms with E-state index in [0.717, 1.165) is 0 Å². The normalized spacial score (nSPS) is 38.1. The second-order valence-corrected chi connectivity index (χ2v) is 2.49. The Hall–Kier alpha value is -0.490. The van der Waals surface area contributed by atoms with Crippen LogP contribution in [0.15, 0.2) is 0 Å². The van der Waals surface area contributed by atoms with E-state index in [1.807, 2.05) is 0 Å². The third-order valence-corrected chi connectivity index (χ3v) is 1.63. The van der Waals surface area contributed by atoms with Crippen molar-refractivity contribution in [2.75, 3.05) is 13.2 Å². The quantitative estimate of drug-likeness (QED) is 0.438. The standard InChI is InChI=1S/C6H10O5/c7-2-4-1-5(9)6(10,3-8)11-4/h4,7-8,10H,1-3H2/t4?,6-/m1/s1. The lowest BCUT2D eigenvalue weighted by Crippen LogP contribution is -2.40. The summed E-state index contributed by atoms with van der Waals surface area (Å²) in [5, 5.41) is 26.2. The average molecular weight is 162 g/mol. The highest BCUT2D eigenvalue weighted by Crippen LogP contribution is 2.23. The Morgan fingerprint density at radius 2 is 2.27 bits per heavy atom. The van der Waals surface area contributed by atoms with Gasteiger partial charge in [0.25, 0.3) is 5.79 Å². The van der Waals surface area contributed by atoms with Gasteiger partial charge < -0.3 is 20.1 Å². The number of ketones is 1. The monoisotopic (exact) mass is 162 g/mol. The maximum Gasteiger partial charge on any atom is 0.250 e. The first kappa shape index (κ1) is 8.61. The van der Waals surface area contributed by atoms with Gasteiger partial charge in [0.15, 0.2) is 5.78 Å². The fourth-order valence-corrected chi connectivity index (χ4v) is 0.977. The summed E-state index contributed by atoms with van der Waals surface area (Å²) in [6, 6.07) is 0. The highest BCUT2D eigenvalue weighted by Gasteiger charge is 2.45. The minimum Gasteiger partial charge on any atom is -0.394 e. The summed E-state index contributed by atoms with van der Waals surface area (Å²) in [4.78, 5) is 10.9. The van der Waals surface area contributed by atoms with Crippen molar-refractivity contribution in [2.45, 2.75) is 18.3 Å². The molecule has 1 heterocycles. The smallest absolute Gasteiger partial charge is 0.250 e. The van der Waals surface area contributed by atoms with Crippen LogP contribution in [0.3, 0.4) is 0 Å². The number of carbonyl (C=O) groups excluding carboxylic acids is 1. The van der Waals surface area contributed by atoms with Crippen LogP contribution in [0.4, 0.5) is 0 Å². The van der Waals surface area contributed by atoms with Gasteiger partial charge in [-0.2, -0.15) is 0 Å². The Morgan fingerprint density at radius 1 is 1.64 bits per heavy atom. The molecule has 64 valence electrons. The van der Waals surface area contributed by atoms with Crippen LogP contribution in [0, 0.1) is 0 Å². The molecule has 0 aromatic carbocycles. The molecule has 0 bridgehead atoms. The van der Waals surface area contributed by atoms with Crippen molar-refractivity contribution >= 4 is 5.78 Å². The van der Waals surface area contributed by atoms with Gasteiger partial charge in [0.1, 0.15) is 6.61 Å². The van der Waals surface area contributed by atoms with E-state index in [2.05, 4.69) is 4.74 Å². The molecule has 5 heteroatoms. The largest absolute Gasteiger partial charge is 0.394 e. The summed E-state index contributed by atoms with van der Waals surface area (Å²) in [5.74, 6) is -2.66. The Balaban J connectivity index is 2.65. The van der Waals surface area contributed by atoms with Gasteiger partial charge in [0.2, 0.25) is 0 Å². The van der Waals surface area contributed by atoms with E-state index in [4.69, 9.17) is 15.3 Å².